The summed E-state index contributed by atoms with van der Waals surface area (Å²) in [7, 11) is 0. The van der Waals surface area contributed by atoms with Gasteiger partial charge < -0.3 is 0 Å². The molecule has 1 nitrogen and oxygen atoms in total. The van der Waals surface area contributed by atoms with Crippen LogP contribution in [0.1, 0.15) is 40.0 Å². The molecule has 1 unspecified atom stereocenters. The van der Waals surface area contributed by atoms with Crippen molar-refractivity contribution in [1.82, 2.24) is 0 Å². The van der Waals surface area contributed by atoms with Gasteiger partial charge in [0, 0.05) is 5.92 Å². The molecule has 0 bridgehead atoms. The zero-order valence-electron chi connectivity index (χ0n) is 8.26. The van der Waals surface area contributed by atoms with Gasteiger partial charge in [0.1, 0.15) is 0 Å². The highest BCUT2D eigenvalue weighted by atomic mass is 16.1. The zero-order chi connectivity index (χ0) is 9.19. The van der Waals surface area contributed by atoms with Crippen LogP contribution in [0.4, 0.5) is 0 Å². The van der Waals surface area contributed by atoms with Crippen molar-refractivity contribution in [2.45, 2.75) is 40.0 Å². The Morgan fingerprint density at radius 1 is 1.58 bits per heavy atom. The van der Waals surface area contributed by atoms with E-state index in [1.807, 2.05) is 6.08 Å². The molecule has 0 N–H and O–H groups in total. The molecule has 12 heavy (non-hydrogen) atoms. The summed E-state index contributed by atoms with van der Waals surface area (Å²) in [4.78, 5) is 11.4. The highest BCUT2D eigenvalue weighted by Crippen LogP contribution is 2.33. The maximum absolute atomic E-state index is 11.4. The summed E-state index contributed by atoms with van der Waals surface area (Å²) in [5.41, 5.74) is 0.230. The molecule has 68 valence electrons. The second-order valence-corrected chi connectivity index (χ2v) is 4.41. The fourth-order valence-corrected chi connectivity index (χ4v) is 1.84. The van der Waals surface area contributed by atoms with Crippen molar-refractivity contribution in [2.75, 3.05) is 0 Å². The summed E-state index contributed by atoms with van der Waals surface area (Å²) in [6.07, 6.45) is 6.99. The smallest absolute Gasteiger partial charge is 0.158 e. The van der Waals surface area contributed by atoms with Crippen LogP contribution in [0.2, 0.25) is 0 Å². The molecule has 0 saturated heterocycles. The first-order chi connectivity index (χ1) is 5.55. The first-order valence-electron chi connectivity index (χ1n) is 4.78. The Bertz CT molecular complexity index is 201. The van der Waals surface area contributed by atoms with Crippen LogP contribution in [0, 0.1) is 11.3 Å². The molecule has 1 heteroatoms. The lowest BCUT2D eigenvalue weighted by atomic mass is 9.75. The van der Waals surface area contributed by atoms with Crippen LogP contribution in [0.3, 0.4) is 0 Å². The number of hydrogen-bond donors (Lipinski definition) is 0. The number of ketones is 1. The summed E-state index contributed by atoms with van der Waals surface area (Å²) in [5, 5.41) is 0. The third-order valence-corrected chi connectivity index (χ3v) is 2.51. The third-order valence-electron chi connectivity index (χ3n) is 2.51. The zero-order valence-corrected chi connectivity index (χ0v) is 8.26. The van der Waals surface area contributed by atoms with Crippen LogP contribution in [-0.2, 0) is 4.79 Å². The predicted octanol–water partition coefficient (Wildman–Crippen LogP) is 2.96. The molecule has 0 amide bonds. The molecule has 0 aromatic carbocycles. The standard InChI is InChI=1S/C11H18O/c1-4-5-9-8-11(2,3)7-6-10(9)12/h6-7,9H,4-5,8H2,1-3H3. The van der Waals surface area contributed by atoms with Crippen molar-refractivity contribution in [3.8, 4) is 0 Å². The number of carbonyl (C=O) groups is 1. The molecule has 0 spiro atoms. The topological polar surface area (TPSA) is 17.1 Å². The number of carbonyl (C=O) groups excluding carboxylic acids is 1. The van der Waals surface area contributed by atoms with Crippen molar-refractivity contribution in [3.05, 3.63) is 12.2 Å². The Morgan fingerprint density at radius 3 is 2.83 bits per heavy atom. The maximum Gasteiger partial charge on any atom is 0.158 e. The molecule has 0 saturated carbocycles. The van der Waals surface area contributed by atoms with Gasteiger partial charge >= 0.3 is 0 Å². The molecule has 0 aliphatic heterocycles. The van der Waals surface area contributed by atoms with Crippen molar-refractivity contribution in [2.24, 2.45) is 11.3 Å². The Labute approximate surface area is 74.9 Å². The second kappa shape index (κ2) is 3.42. The lowest BCUT2D eigenvalue weighted by Gasteiger charge is -2.29. The molecule has 1 aliphatic rings. The highest BCUT2D eigenvalue weighted by Gasteiger charge is 2.28. The normalized spacial score (nSPS) is 27.6. The van der Waals surface area contributed by atoms with Gasteiger partial charge in [0.15, 0.2) is 5.78 Å². The molecule has 0 radical (unpaired) electrons. The number of rotatable bonds is 2. The summed E-state index contributed by atoms with van der Waals surface area (Å²) in [6, 6.07) is 0. The van der Waals surface area contributed by atoms with Gasteiger partial charge in [-0.1, -0.05) is 33.3 Å². The summed E-state index contributed by atoms with van der Waals surface area (Å²) in [6.45, 7) is 6.52. The van der Waals surface area contributed by atoms with Crippen LogP contribution in [-0.4, -0.2) is 5.78 Å². The van der Waals surface area contributed by atoms with Crippen LogP contribution >= 0.6 is 0 Å². The fraction of sp³-hybridized carbons (Fsp3) is 0.727. The van der Waals surface area contributed by atoms with Gasteiger partial charge in [-0.2, -0.15) is 0 Å². The maximum atomic E-state index is 11.4. The molecule has 1 atom stereocenters. The van der Waals surface area contributed by atoms with Gasteiger partial charge in [-0.05, 0) is 24.3 Å². The van der Waals surface area contributed by atoms with Crippen molar-refractivity contribution >= 4 is 5.78 Å². The minimum atomic E-state index is 0.230. The van der Waals surface area contributed by atoms with Gasteiger partial charge in [0.05, 0.1) is 0 Å². The van der Waals surface area contributed by atoms with E-state index < -0.39 is 0 Å². The molecule has 1 aliphatic carbocycles. The molecule has 0 fully saturated rings. The number of allylic oxidation sites excluding steroid dienone is 2. The third kappa shape index (κ3) is 2.20. The molecular weight excluding hydrogens is 148 g/mol. The van der Waals surface area contributed by atoms with Crippen molar-refractivity contribution in [3.63, 3.8) is 0 Å². The van der Waals surface area contributed by atoms with Gasteiger partial charge in [0.2, 0.25) is 0 Å². The lowest BCUT2D eigenvalue weighted by molar-refractivity contribution is -0.119. The second-order valence-electron chi connectivity index (χ2n) is 4.41. The Hall–Kier alpha value is -0.590. The average Bonchev–Trinajstić information content (AvgIpc) is 1.97. The molecule has 0 aromatic heterocycles. The fourth-order valence-electron chi connectivity index (χ4n) is 1.84. The Balaban J connectivity index is 2.67. The van der Waals surface area contributed by atoms with Crippen LogP contribution < -0.4 is 0 Å². The van der Waals surface area contributed by atoms with Crippen molar-refractivity contribution in [1.29, 1.82) is 0 Å². The van der Waals surface area contributed by atoms with E-state index >= 15 is 0 Å². The first kappa shape index (κ1) is 9.50. The molecule has 0 aromatic rings. The summed E-state index contributed by atoms with van der Waals surface area (Å²) >= 11 is 0. The minimum absolute atomic E-state index is 0.230. The van der Waals surface area contributed by atoms with E-state index in [0.29, 0.717) is 5.78 Å². The van der Waals surface area contributed by atoms with Crippen LogP contribution in [0.25, 0.3) is 0 Å². The minimum Gasteiger partial charge on any atom is -0.295 e. The van der Waals surface area contributed by atoms with E-state index in [2.05, 4.69) is 20.8 Å². The van der Waals surface area contributed by atoms with E-state index in [9.17, 15) is 4.79 Å². The highest BCUT2D eigenvalue weighted by molar-refractivity contribution is 5.92. The summed E-state index contributed by atoms with van der Waals surface area (Å²) in [5.74, 6) is 0.617. The number of hydrogen-bond acceptors (Lipinski definition) is 1. The van der Waals surface area contributed by atoms with Crippen LogP contribution in [0.15, 0.2) is 12.2 Å². The van der Waals surface area contributed by atoms with Gasteiger partial charge in [-0.15, -0.1) is 0 Å². The van der Waals surface area contributed by atoms with Gasteiger partial charge in [-0.3, -0.25) is 4.79 Å². The molecular formula is C11H18O. The molecule has 0 heterocycles. The monoisotopic (exact) mass is 166 g/mol. The Morgan fingerprint density at radius 2 is 2.25 bits per heavy atom. The largest absolute Gasteiger partial charge is 0.295 e. The van der Waals surface area contributed by atoms with Gasteiger partial charge in [-0.25, -0.2) is 0 Å². The molecule has 1 rings (SSSR count). The van der Waals surface area contributed by atoms with Crippen LogP contribution in [0.5, 0.6) is 0 Å². The summed E-state index contributed by atoms with van der Waals surface area (Å²) < 4.78 is 0. The predicted molar refractivity (Wildman–Crippen MR) is 50.9 cm³/mol. The SMILES string of the molecule is CCCC1CC(C)(C)C=CC1=O. The lowest BCUT2D eigenvalue weighted by Crippen LogP contribution is -2.25. The first-order valence-corrected chi connectivity index (χ1v) is 4.78. The van der Waals surface area contributed by atoms with Gasteiger partial charge in [0.25, 0.3) is 0 Å². The van der Waals surface area contributed by atoms with E-state index in [0.717, 1.165) is 19.3 Å². The quantitative estimate of drug-likeness (QED) is 0.616. The van der Waals surface area contributed by atoms with E-state index in [1.165, 1.54) is 0 Å². The Kier molecular flexibility index (Phi) is 2.71. The van der Waals surface area contributed by atoms with E-state index in [-0.39, 0.29) is 11.3 Å². The average molecular weight is 166 g/mol. The van der Waals surface area contributed by atoms with E-state index in [1.54, 1.807) is 6.08 Å². The van der Waals surface area contributed by atoms with Crippen molar-refractivity contribution < 1.29 is 4.79 Å². The van der Waals surface area contributed by atoms with E-state index in [4.69, 9.17) is 0 Å².